The maximum atomic E-state index is 3.94. The molecule has 0 unspecified atom stereocenters. The third-order valence-corrected chi connectivity index (χ3v) is 3.41. The van der Waals surface area contributed by atoms with Gasteiger partial charge in [-0.1, -0.05) is 36.4 Å². The quantitative estimate of drug-likeness (QED) is 0.588. The summed E-state index contributed by atoms with van der Waals surface area (Å²) in [4.78, 5) is 3.94. The lowest BCUT2D eigenvalue weighted by Gasteiger charge is -1.75. The molecule has 0 atom stereocenters. The van der Waals surface area contributed by atoms with Crippen molar-refractivity contribution in [1.82, 2.24) is 4.98 Å². The van der Waals surface area contributed by atoms with Crippen LogP contribution in [0.1, 0.15) is 0 Å². The molecule has 13 heavy (non-hydrogen) atoms. The molecule has 0 radical (unpaired) electrons. The van der Waals surface area contributed by atoms with Gasteiger partial charge in [0.05, 0.1) is 0 Å². The second kappa shape index (κ2) is 7.00. The van der Waals surface area contributed by atoms with Crippen molar-refractivity contribution >= 4 is 33.8 Å². The van der Waals surface area contributed by atoms with Crippen molar-refractivity contribution in [3.63, 3.8) is 0 Å². The SMILES string of the molecule is SSc1nccs1.c1ccccc1. The van der Waals surface area contributed by atoms with Gasteiger partial charge in [-0.15, -0.1) is 23.0 Å². The van der Waals surface area contributed by atoms with Crippen molar-refractivity contribution in [1.29, 1.82) is 0 Å². The van der Waals surface area contributed by atoms with E-state index in [2.05, 4.69) is 16.6 Å². The molecule has 4 heteroatoms. The Bertz CT molecular complexity index is 267. The first-order valence-electron chi connectivity index (χ1n) is 3.64. The average Bonchev–Trinajstić information content (AvgIpc) is 2.74. The minimum absolute atomic E-state index is 1.00. The summed E-state index contributed by atoms with van der Waals surface area (Å²) in [6.45, 7) is 0. The maximum Gasteiger partial charge on any atom is 0.160 e. The van der Waals surface area contributed by atoms with Crippen molar-refractivity contribution in [3.8, 4) is 0 Å². The van der Waals surface area contributed by atoms with E-state index in [1.54, 1.807) is 17.5 Å². The summed E-state index contributed by atoms with van der Waals surface area (Å²) in [5.41, 5.74) is 0. The summed E-state index contributed by atoms with van der Waals surface area (Å²) < 4.78 is 1.00. The topological polar surface area (TPSA) is 12.9 Å². The number of rotatable bonds is 1. The van der Waals surface area contributed by atoms with Crippen LogP contribution < -0.4 is 0 Å². The van der Waals surface area contributed by atoms with E-state index in [-0.39, 0.29) is 0 Å². The standard InChI is InChI=1S/C6H6.C3H3NS3/c1-2-4-6-5-3-1;5-7-3-4-1-2-6-3/h1-6H;1-2,5H. The van der Waals surface area contributed by atoms with Gasteiger partial charge in [0.2, 0.25) is 0 Å². The van der Waals surface area contributed by atoms with E-state index in [0.717, 1.165) is 4.34 Å². The molecular weight excluding hydrogens is 218 g/mol. The van der Waals surface area contributed by atoms with Gasteiger partial charge in [0, 0.05) is 11.6 Å². The van der Waals surface area contributed by atoms with Gasteiger partial charge in [-0.05, 0) is 10.8 Å². The van der Waals surface area contributed by atoms with Gasteiger partial charge < -0.3 is 0 Å². The zero-order valence-electron chi connectivity index (χ0n) is 6.83. The van der Waals surface area contributed by atoms with Crippen molar-refractivity contribution < 1.29 is 0 Å². The Labute approximate surface area is 91.0 Å². The minimum atomic E-state index is 1.00. The van der Waals surface area contributed by atoms with E-state index in [1.807, 2.05) is 41.8 Å². The minimum Gasteiger partial charge on any atom is -0.237 e. The molecule has 2 aromatic rings. The number of thiazole rings is 1. The smallest absolute Gasteiger partial charge is 0.160 e. The fourth-order valence-corrected chi connectivity index (χ4v) is 1.98. The molecule has 68 valence electrons. The Kier molecular flexibility index (Phi) is 5.73. The third kappa shape index (κ3) is 4.98. The highest BCUT2D eigenvalue weighted by molar-refractivity contribution is 8.69. The van der Waals surface area contributed by atoms with E-state index in [0.29, 0.717) is 0 Å². The summed E-state index contributed by atoms with van der Waals surface area (Å²) in [5.74, 6) is 0. The summed E-state index contributed by atoms with van der Waals surface area (Å²) in [7, 11) is 1.38. The van der Waals surface area contributed by atoms with Gasteiger partial charge in [-0.3, -0.25) is 0 Å². The molecule has 1 aromatic carbocycles. The number of benzene rings is 1. The van der Waals surface area contributed by atoms with Crippen molar-refractivity contribution in [3.05, 3.63) is 48.0 Å². The Morgan fingerprint density at radius 3 is 1.85 bits per heavy atom. The number of hydrogen-bond acceptors (Lipinski definition) is 4. The van der Waals surface area contributed by atoms with E-state index >= 15 is 0 Å². The average molecular weight is 227 g/mol. The third-order valence-electron chi connectivity index (χ3n) is 1.15. The normalized spacial score (nSPS) is 8.69. The van der Waals surface area contributed by atoms with Gasteiger partial charge in [0.25, 0.3) is 0 Å². The molecule has 0 saturated heterocycles. The molecule has 0 N–H and O–H groups in total. The molecule has 1 nitrogen and oxygen atoms in total. The summed E-state index contributed by atoms with van der Waals surface area (Å²) in [6, 6.07) is 12.0. The fourth-order valence-electron chi connectivity index (χ4n) is 0.640. The largest absolute Gasteiger partial charge is 0.237 e. The zero-order chi connectivity index (χ0) is 9.36. The Balaban J connectivity index is 0.000000132. The first-order chi connectivity index (χ1) is 6.43. The maximum absolute atomic E-state index is 3.94. The molecule has 0 amide bonds. The van der Waals surface area contributed by atoms with Crippen LogP contribution in [0.25, 0.3) is 0 Å². The van der Waals surface area contributed by atoms with E-state index in [9.17, 15) is 0 Å². The van der Waals surface area contributed by atoms with Crippen LogP contribution in [0, 0.1) is 0 Å². The molecular formula is C9H9NS3. The highest BCUT2D eigenvalue weighted by atomic mass is 33.1. The monoisotopic (exact) mass is 227 g/mol. The second-order valence-corrected chi connectivity index (χ2v) is 4.31. The lowest BCUT2D eigenvalue weighted by molar-refractivity contribution is 1.26. The van der Waals surface area contributed by atoms with Crippen LogP contribution in [-0.4, -0.2) is 4.98 Å². The fraction of sp³-hybridized carbons (Fsp3) is 0. The van der Waals surface area contributed by atoms with E-state index in [4.69, 9.17) is 0 Å². The molecule has 0 bridgehead atoms. The van der Waals surface area contributed by atoms with E-state index < -0.39 is 0 Å². The lowest BCUT2D eigenvalue weighted by atomic mass is 10.4. The summed E-state index contributed by atoms with van der Waals surface area (Å²) >= 11 is 5.54. The predicted octanol–water partition coefficient (Wildman–Crippen LogP) is 3.77. The predicted molar refractivity (Wildman–Crippen MR) is 63.4 cm³/mol. The van der Waals surface area contributed by atoms with Crippen LogP contribution in [0.3, 0.4) is 0 Å². The van der Waals surface area contributed by atoms with Crippen LogP contribution in [0.4, 0.5) is 0 Å². The van der Waals surface area contributed by atoms with Crippen molar-refractivity contribution in [2.75, 3.05) is 0 Å². The molecule has 2 rings (SSSR count). The zero-order valence-corrected chi connectivity index (χ0v) is 9.36. The lowest BCUT2D eigenvalue weighted by Crippen LogP contribution is -1.53. The highest BCUT2D eigenvalue weighted by Crippen LogP contribution is 2.22. The molecule has 0 saturated carbocycles. The molecule has 1 aromatic heterocycles. The van der Waals surface area contributed by atoms with E-state index in [1.165, 1.54) is 10.8 Å². The van der Waals surface area contributed by atoms with Gasteiger partial charge in [-0.25, -0.2) is 4.98 Å². The number of hydrogen-bond donors (Lipinski definition) is 1. The first kappa shape index (κ1) is 10.6. The highest BCUT2D eigenvalue weighted by Gasteiger charge is 1.86. The van der Waals surface area contributed by atoms with Crippen LogP contribution in [0.2, 0.25) is 0 Å². The Morgan fingerprint density at radius 1 is 1.08 bits per heavy atom. The van der Waals surface area contributed by atoms with Crippen LogP contribution >= 0.6 is 33.8 Å². The Hall–Kier alpha value is -0.450. The molecule has 1 heterocycles. The first-order valence-corrected chi connectivity index (χ1v) is 6.39. The molecule has 0 aliphatic carbocycles. The van der Waals surface area contributed by atoms with Gasteiger partial charge >= 0.3 is 0 Å². The number of thiol groups is 1. The van der Waals surface area contributed by atoms with Gasteiger partial charge in [0.1, 0.15) is 0 Å². The summed E-state index contributed by atoms with van der Waals surface area (Å²) in [5, 5.41) is 1.93. The molecule has 0 aliphatic heterocycles. The molecule has 0 spiro atoms. The Morgan fingerprint density at radius 2 is 1.62 bits per heavy atom. The van der Waals surface area contributed by atoms with Crippen LogP contribution in [0.5, 0.6) is 0 Å². The van der Waals surface area contributed by atoms with Crippen LogP contribution in [-0.2, 0) is 0 Å². The second-order valence-electron chi connectivity index (χ2n) is 2.04. The number of nitrogens with zero attached hydrogens (tertiary/aromatic N) is 1. The van der Waals surface area contributed by atoms with Gasteiger partial charge in [0.15, 0.2) is 4.34 Å². The molecule has 0 aliphatic rings. The summed E-state index contributed by atoms with van der Waals surface area (Å²) in [6.07, 6.45) is 1.77. The van der Waals surface area contributed by atoms with Crippen molar-refractivity contribution in [2.24, 2.45) is 0 Å². The van der Waals surface area contributed by atoms with Gasteiger partial charge in [-0.2, -0.15) is 0 Å². The number of aromatic nitrogens is 1. The van der Waals surface area contributed by atoms with Crippen LogP contribution in [0.15, 0.2) is 52.3 Å². The van der Waals surface area contributed by atoms with Crippen molar-refractivity contribution in [2.45, 2.75) is 4.34 Å². The molecule has 0 fully saturated rings.